The molecule has 1 N–H and O–H groups in total. The Kier molecular flexibility index (Phi) is 4.46. The molecule has 1 saturated carbocycles. The molecule has 0 aromatic rings. The topological polar surface area (TPSA) is 23.5 Å². The second-order valence-electron chi connectivity index (χ2n) is 4.08. The zero-order valence-electron chi connectivity index (χ0n) is 8.79. The van der Waals surface area contributed by atoms with Gasteiger partial charge in [-0.15, -0.1) is 0 Å². The second kappa shape index (κ2) is 5.40. The average Bonchev–Trinajstić information content (AvgIpc) is 1.97. The van der Waals surface area contributed by atoms with Crippen molar-refractivity contribution in [1.82, 2.24) is 4.90 Å². The van der Waals surface area contributed by atoms with Gasteiger partial charge in [-0.05, 0) is 26.7 Å². The first kappa shape index (κ1) is 10.7. The fraction of sp³-hybridized carbons (Fsp3) is 0.818. The van der Waals surface area contributed by atoms with Crippen LogP contribution < -0.4 is 0 Å². The molecule has 0 aromatic carbocycles. The van der Waals surface area contributed by atoms with Gasteiger partial charge < -0.3 is 5.11 Å². The summed E-state index contributed by atoms with van der Waals surface area (Å²) in [7, 11) is 0. The fourth-order valence-corrected chi connectivity index (χ4v) is 1.60. The van der Waals surface area contributed by atoms with Gasteiger partial charge in [0.05, 0.1) is 6.61 Å². The van der Waals surface area contributed by atoms with Crippen molar-refractivity contribution in [2.24, 2.45) is 0 Å². The van der Waals surface area contributed by atoms with Gasteiger partial charge in [-0.2, -0.15) is 0 Å². The Balaban J connectivity index is 2.32. The number of nitrogens with zero attached hydrogens (tertiary/aromatic N) is 1. The fourth-order valence-electron chi connectivity index (χ4n) is 1.60. The van der Waals surface area contributed by atoms with Crippen LogP contribution in [0.15, 0.2) is 11.6 Å². The highest BCUT2D eigenvalue weighted by Gasteiger charge is 2.23. The van der Waals surface area contributed by atoms with Gasteiger partial charge in [-0.25, -0.2) is 0 Å². The SMILES string of the molecule is CC(C)=CCN(CCO)C1CCC1. The Labute approximate surface area is 81.2 Å². The summed E-state index contributed by atoms with van der Waals surface area (Å²) in [4.78, 5) is 2.39. The molecule has 0 radical (unpaired) electrons. The van der Waals surface area contributed by atoms with Gasteiger partial charge in [0.1, 0.15) is 0 Å². The molecule has 0 bridgehead atoms. The maximum Gasteiger partial charge on any atom is 0.0558 e. The van der Waals surface area contributed by atoms with Crippen LogP contribution in [0.2, 0.25) is 0 Å². The minimum atomic E-state index is 0.285. The normalized spacial score (nSPS) is 17.2. The van der Waals surface area contributed by atoms with Gasteiger partial charge in [0, 0.05) is 19.1 Å². The van der Waals surface area contributed by atoms with Crippen molar-refractivity contribution in [3.05, 3.63) is 11.6 Å². The predicted octanol–water partition coefficient (Wildman–Crippen LogP) is 1.80. The third kappa shape index (κ3) is 3.49. The van der Waals surface area contributed by atoms with E-state index in [1.165, 1.54) is 24.8 Å². The molecule has 1 fully saturated rings. The van der Waals surface area contributed by atoms with Gasteiger partial charge in [0.25, 0.3) is 0 Å². The van der Waals surface area contributed by atoms with Crippen molar-refractivity contribution in [1.29, 1.82) is 0 Å². The van der Waals surface area contributed by atoms with E-state index in [0.29, 0.717) is 0 Å². The molecule has 0 heterocycles. The number of aliphatic hydroxyl groups is 1. The lowest BCUT2D eigenvalue weighted by molar-refractivity contribution is 0.113. The molecule has 1 aliphatic rings. The van der Waals surface area contributed by atoms with Gasteiger partial charge in [-0.1, -0.05) is 18.1 Å². The molecule has 0 amide bonds. The van der Waals surface area contributed by atoms with E-state index in [9.17, 15) is 0 Å². The Morgan fingerprint density at radius 2 is 2.15 bits per heavy atom. The number of hydrogen-bond donors (Lipinski definition) is 1. The summed E-state index contributed by atoms with van der Waals surface area (Å²) in [6.07, 6.45) is 6.24. The zero-order valence-corrected chi connectivity index (χ0v) is 8.79. The first-order chi connectivity index (χ1) is 6.24. The summed E-state index contributed by atoms with van der Waals surface area (Å²) in [6, 6.07) is 0.739. The van der Waals surface area contributed by atoms with Crippen molar-refractivity contribution in [3.8, 4) is 0 Å². The van der Waals surface area contributed by atoms with Crippen molar-refractivity contribution in [2.45, 2.75) is 39.2 Å². The van der Waals surface area contributed by atoms with Crippen LogP contribution in [0.1, 0.15) is 33.1 Å². The molecular weight excluding hydrogens is 162 g/mol. The highest BCUT2D eigenvalue weighted by molar-refractivity contribution is 4.96. The first-order valence-corrected chi connectivity index (χ1v) is 5.22. The van der Waals surface area contributed by atoms with Crippen molar-refractivity contribution in [3.63, 3.8) is 0 Å². The Bertz CT molecular complexity index is 169. The van der Waals surface area contributed by atoms with E-state index >= 15 is 0 Å². The van der Waals surface area contributed by atoms with Crippen LogP contribution >= 0.6 is 0 Å². The summed E-state index contributed by atoms with van der Waals surface area (Å²) >= 11 is 0. The zero-order chi connectivity index (χ0) is 9.68. The van der Waals surface area contributed by atoms with Crippen LogP contribution in [0, 0.1) is 0 Å². The summed E-state index contributed by atoms with van der Waals surface area (Å²) in [5.74, 6) is 0. The molecule has 13 heavy (non-hydrogen) atoms. The summed E-state index contributed by atoms with van der Waals surface area (Å²) in [5, 5.41) is 8.91. The third-order valence-electron chi connectivity index (χ3n) is 2.71. The van der Waals surface area contributed by atoms with Gasteiger partial charge in [0.2, 0.25) is 0 Å². The molecule has 0 atom stereocenters. The number of allylic oxidation sites excluding steroid dienone is 1. The predicted molar refractivity (Wildman–Crippen MR) is 55.7 cm³/mol. The standard InChI is InChI=1S/C11H21NO/c1-10(2)6-7-12(8-9-13)11-4-3-5-11/h6,11,13H,3-5,7-9H2,1-2H3. The molecule has 0 spiro atoms. The van der Waals surface area contributed by atoms with E-state index in [2.05, 4.69) is 24.8 Å². The molecule has 76 valence electrons. The Hall–Kier alpha value is -0.340. The minimum absolute atomic E-state index is 0.285. The van der Waals surface area contributed by atoms with E-state index in [1.54, 1.807) is 0 Å². The maximum absolute atomic E-state index is 8.91. The highest BCUT2D eigenvalue weighted by atomic mass is 16.3. The van der Waals surface area contributed by atoms with Gasteiger partial charge in [0.15, 0.2) is 0 Å². The van der Waals surface area contributed by atoms with Crippen LogP contribution in [-0.4, -0.2) is 35.7 Å². The Morgan fingerprint density at radius 3 is 2.54 bits per heavy atom. The van der Waals surface area contributed by atoms with Crippen molar-refractivity contribution < 1.29 is 5.11 Å². The summed E-state index contributed by atoms with van der Waals surface area (Å²) < 4.78 is 0. The lowest BCUT2D eigenvalue weighted by Crippen LogP contribution is -2.41. The van der Waals surface area contributed by atoms with E-state index in [1.807, 2.05) is 0 Å². The molecule has 1 aliphatic carbocycles. The van der Waals surface area contributed by atoms with Crippen LogP contribution in [0.25, 0.3) is 0 Å². The highest BCUT2D eigenvalue weighted by Crippen LogP contribution is 2.24. The molecule has 1 rings (SSSR count). The molecular formula is C11H21NO. The lowest BCUT2D eigenvalue weighted by atomic mass is 9.91. The quantitative estimate of drug-likeness (QED) is 0.657. The smallest absolute Gasteiger partial charge is 0.0558 e. The maximum atomic E-state index is 8.91. The van der Waals surface area contributed by atoms with Gasteiger partial charge >= 0.3 is 0 Å². The van der Waals surface area contributed by atoms with Crippen LogP contribution in [0.3, 0.4) is 0 Å². The Morgan fingerprint density at radius 1 is 1.46 bits per heavy atom. The van der Waals surface area contributed by atoms with E-state index in [-0.39, 0.29) is 6.61 Å². The summed E-state index contributed by atoms with van der Waals surface area (Å²) in [5.41, 5.74) is 1.36. The number of hydrogen-bond acceptors (Lipinski definition) is 2. The van der Waals surface area contributed by atoms with Crippen LogP contribution in [0.4, 0.5) is 0 Å². The van der Waals surface area contributed by atoms with E-state index in [4.69, 9.17) is 5.11 Å². The average molecular weight is 183 g/mol. The number of rotatable bonds is 5. The largest absolute Gasteiger partial charge is 0.395 e. The summed E-state index contributed by atoms with van der Waals surface area (Å²) in [6.45, 7) is 6.37. The monoisotopic (exact) mass is 183 g/mol. The molecule has 0 unspecified atom stereocenters. The van der Waals surface area contributed by atoms with Crippen molar-refractivity contribution in [2.75, 3.05) is 19.7 Å². The number of aliphatic hydroxyl groups excluding tert-OH is 1. The van der Waals surface area contributed by atoms with E-state index < -0.39 is 0 Å². The minimum Gasteiger partial charge on any atom is -0.395 e. The third-order valence-corrected chi connectivity index (χ3v) is 2.71. The van der Waals surface area contributed by atoms with Crippen LogP contribution in [0.5, 0.6) is 0 Å². The van der Waals surface area contributed by atoms with Gasteiger partial charge in [-0.3, -0.25) is 4.90 Å². The lowest BCUT2D eigenvalue weighted by Gasteiger charge is -2.36. The molecule has 2 heteroatoms. The van der Waals surface area contributed by atoms with Crippen molar-refractivity contribution >= 4 is 0 Å². The molecule has 0 saturated heterocycles. The molecule has 2 nitrogen and oxygen atoms in total. The van der Waals surface area contributed by atoms with Crippen LogP contribution in [-0.2, 0) is 0 Å². The molecule has 0 aromatic heterocycles. The molecule has 0 aliphatic heterocycles. The van der Waals surface area contributed by atoms with E-state index in [0.717, 1.165) is 19.1 Å². The first-order valence-electron chi connectivity index (χ1n) is 5.22. The second-order valence-corrected chi connectivity index (χ2v) is 4.08.